The van der Waals surface area contributed by atoms with E-state index < -0.39 is 0 Å². The number of piperazine rings is 1. The van der Waals surface area contributed by atoms with Crippen molar-refractivity contribution in [2.45, 2.75) is 45.9 Å². The highest BCUT2D eigenvalue weighted by atomic mass is 35.5. The minimum Gasteiger partial charge on any atom is -0.369 e. The molecule has 1 aliphatic heterocycles. The molecular weight excluding hydrogens is 228 g/mol. The van der Waals surface area contributed by atoms with Crippen LogP contribution in [0, 0.1) is 0 Å². The van der Waals surface area contributed by atoms with Crippen LogP contribution in [0.4, 0.5) is 0 Å². The smallest absolute Gasteiger partial charge is 0.251 e. The average Bonchev–Trinajstić information content (AvgIpc) is 2.21. The Labute approximate surface area is 104 Å². The molecule has 3 unspecified atom stereocenters. The molecule has 1 fully saturated rings. The highest BCUT2D eigenvalue weighted by Gasteiger charge is 2.29. The molecule has 1 heterocycles. The second-order valence-electron chi connectivity index (χ2n) is 4.25. The zero-order valence-electron chi connectivity index (χ0n) is 10.5. The van der Waals surface area contributed by atoms with Crippen LogP contribution in [0.3, 0.4) is 0 Å². The number of carbonyl (C=O) groups excluding carboxylic acids is 1. The summed E-state index contributed by atoms with van der Waals surface area (Å²) in [6, 6.07) is 0.635. The van der Waals surface area contributed by atoms with Gasteiger partial charge in [0.15, 0.2) is 0 Å². The van der Waals surface area contributed by atoms with Gasteiger partial charge in [0, 0.05) is 31.8 Å². The third-order valence-corrected chi connectivity index (χ3v) is 2.81. The number of carbonyl (C=O) groups is 1. The molecule has 16 heavy (non-hydrogen) atoms. The van der Waals surface area contributed by atoms with Gasteiger partial charge in [-0.2, -0.15) is 0 Å². The van der Waals surface area contributed by atoms with Crippen molar-refractivity contribution in [3.8, 4) is 0 Å². The fraction of sp³-hybridized carbons (Fsp3) is 0.909. The predicted molar refractivity (Wildman–Crippen MR) is 67.0 cm³/mol. The number of halogens is 1. The first-order chi connectivity index (χ1) is 7.06. The van der Waals surface area contributed by atoms with Crippen molar-refractivity contribution in [1.82, 2.24) is 10.2 Å². The first-order valence-electron chi connectivity index (χ1n) is 5.71. The molecule has 0 aromatic rings. The van der Waals surface area contributed by atoms with Crippen LogP contribution in [0.25, 0.3) is 0 Å². The number of ether oxygens (including phenoxy) is 1. The molecule has 0 aromatic carbocycles. The van der Waals surface area contributed by atoms with E-state index in [9.17, 15) is 4.79 Å². The summed E-state index contributed by atoms with van der Waals surface area (Å²) in [4.78, 5) is 13.9. The molecule has 4 nitrogen and oxygen atoms in total. The van der Waals surface area contributed by atoms with Crippen LogP contribution in [0.5, 0.6) is 0 Å². The van der Waals surface area contributed by atoms with E-state index in [0.717, 1.165) is 13.1 Å². The highest BCUT2D eigenvalue weighted by molar-refractivity contribution is 5.85. The maximum atomic E-state index is 12.0. The lowest BCUT2D eigenvalue weighted by Crippen LogP contribution is -2.58. The maximum Gasteiger partial charge on any atom is 0.251 e. The first kappa shape index (κ1) is 15.7. The van der Waals surface area contributed by atoms with Crippen LogP contribution in [-0.4, -0.2) is 48.7 Å². The Morgan fingerprint density at radius 3 is 2.75 bits per heavy atom. The van der Waals surface area contributed by atoms with Gasteiger partial charge in [-0.05, 0) is 27.7 Å². The molecule has 96 valence electrons. The molecule has 0 aromatic heterocycles. The van der Waals surface area contributed by atoms with Crippen molar-refractivity contribution in [1.29, 1.82) is 0 Å². The van der Waals surface area contributed by atoms with E-state index in [4.69, 9.17) is 4.74 Å². The Morgan fingerprint density at radius 1 is 1.56 bits per heavy atom. The summed E-state index contributed by atoms with van der Waals surface area (Å²) in [5.41, 5.74) is 0. The molecule has 0 radical (unpaired) electrons. The minimum absolute atomic E-state index is 0. The fourth-order valence-corrected chi connectivity index (χ4v) is 1.88. The molecule has 3 atom stereocenters. The minimum atomic E-state index is -0.317. The van der Waals surface area contributed by atoms with Crippen molar-refractivity contribution in [3.63, 3.8) is 0 Å². The summed E-state index contributed by atoms with van der Waals surface area (Å²) in [5.74, 6) is 0.109. The van der Waals surface area contributed by atoms with Gasteiger partial charge in [0.05, 0.1) is 0 Å². The van der Waals surface area contributed by atoms with E-state index in [-0.39, 0.29) is 30.5 Å². The van der Waals surface area contributed by atoms with E-state index in [1.54, 1.807) is 0 Å². The van der Waals surface area contributed by atoms with E-state index in [1.807, 2.05) is 18.7 Å². The van der Waals surface area contributed by atoms with Gasteiger partial charge in [0.1, 0.15) is 6.10 Å². The zero-order valence-corrected chi connectivity index (χ0v) is 11.3. The number of nitrogens with zero attached hydrogens (tertiary/aromatic N) is 1. The van der Waals surface area contributed by atoms with E-state index in [2.05, 4.69) is 19.2 Å². The lowest BCUT2D eigenvalue weighted by Gasteiger charge is -2.38. The average molecular weight is 251 g/mol. The molecule has 1 aliphatic rings. The zero-order chi connectivity index (χ0) is 11.4. The SMILES string of the molecule is CCOC(C)C(=O)N1CC(C)NCC1C.Cl. The van der Waals surface area contributed by atoms with Crippen LogP contribution in [0.1, 0.15) is 27.7 Å². The summed E-state index contributed by atoms with van der Waals surface area (Å²) in [5, 5.41) is 3.35. The molecule has 1 N–H and O–H groups in total. The predicted octanol–water partition coefficient (Wildman–Crippen LogP) is 1.04. The fourth-order valence-electron chi connectivity index (χ4n) is 1.88. The number of hydrogen-bond donors (Lipinski definition) is 1. The molecule has 0 spiro atoms. The molecule has 0 bridgehead atoms. The largest absolute Gasteiger partial charge is 0.369 e. The van der Waals surface area contributed by atoms with Gasteiger partial charge in [0.25, 0.3) is 5.91 Å². The Kier molecular flexibility index (Phi) is 6.95. The Hall–Kier alpha value is -0.320. The maximum absolute atomic E-state index is 12.0. The van der Waals surface area contributed by atoms with E-state index in [1.165, 1.54) is 0 Å². The summed E-state index contributed by atoms with van der Waals surface area (Å²) in [6.07, 6.45) is -0.317. The summed E-state index contributed by atoms with van der Waals surface area (Å²) >= 11 is 0. The second-order valence-corrected chi connectivity index (χ2v) is 4.25. The van der Waals surface area contributed by atoms with Gasteiger partial charge in [-0.25, -0.2) is 0 Å². The topological polar surface area (TPSA) is 41.6 Å². The molecule has 1 saturated heterocycles. The van der Waals surface area contributed by atoms with Crippen LogP contribution < -0.4 is 5.32 Å². The van der Waals surface area contributed by atoms with Crippen molar-refractivity contribution in [2.75, 3.05) is 19.7 Å². The standard InChI is InChI=1S/C11H22N2O2.ClH/c1-5-15-10(4)11(14)13-7-8(2)12-6-9(13)3;/h8-10,12H,5-7H2,1-4H3;1H. The van der Waals surface area contributed by atoms with Crippen molar-refractivity contribution in [2.24, 2.45) is 0 Å². The summed E-state index contributed by atoms with van der Waals surface area (Å²) in [7, 11) is 0. The Balaban J connectivity index is 0.00000225. The third-order valence-electron chi connectivity index (χ3n) is 2.81. The first-order valence-corrected chi connectivity index (χ1v) is 5.71. The summed E-state index contributed by atoms with van der Waals surface area (Å²) in [6.45, 7) is 10.1. The van der Waals surface area contributed by atoms with E-state index in [0.29, 0.717) is 12.6 Å². The van der Waals surface area contributed by atoms with Crippen LogP contribution in [0.2, 0.25) is 0 Å². The van der Waals surface area contributed by atoms with Gasteiger partial charge in [-0.3, -0.25) is 4.79 Å². The van der Waals surface area contributed by atoms with Gasteiger partial charge in [-0.1, -0.05) is 0 Å². The second kappa shape index (κ2) is 7.09. The van der Waals surface area contributed by atoms with Crippen molar-refractivity contribution >= 4 is 18.3 Å². The van der Waals surface area contributed by atoms with Gasteiger partial charge in [0.2, 0.25) is 0 Å². The lowest BCUT2D eigenvalue weighted by atomic mass is 10.1. The number of nitrogens with one attached hydrogen (secondary N) is 1. The monoisotopic (exact) mass is 250 g/mol. The van der Waals surface area contributed by atoms with E-state index >= 15 is 0 Å². The van der Waals surface area contributed by atoms with Crippen LogP contribution >= 0.6 is 12.4 Å². The van der Waals surface area contributed by atoms with Crippen molar-refractivity contribution in [3.05, 3.63) is 0 Å². The van der Waals surface area contributed by atoms with Crippen LogP contribution in [0.15, 0.2) is 0 Å². The van der Waals surface area contributed by atoms with Gasteiger partial charge < -0.3 is 15.0 Å². The Bertz CT molecular complexity index is 226. The van der Waals surface area contributed by atoms with Crippen LogP contribution in [-0.2, 0) is 9.53 Å². The van der Waals surface area contributed by atoms with Gasteiger partial charge >= 0.3 is 0 Å². The quantitative estimate of drug-likeness (QED) is 0.814. The molecule has 1 rings (SSSR count). The highest BCUT2D eigenvalue weighted by Crippen LogP contribution is 2.09. The molecule has 5 heteroatoms. The normalized spacial score (nSPS) is 27.1. The number of rotatable bonds is 3. The molecule has 0 aliphatic carbocycles. The number of amides is 1. The molecule has 0 saturated carbocycles. The third kappa shape index (κ3) is 3.92. The molecular formula is C11H23ClN2O2. The van der Waals surface area contributed by atoms with Gasteiger partial charge in [-0.15, -0.1) is 12.4 Å². The molecule has 1 amide bonds. The summed E-state index contributed by atoms with van der Waals surface area (Å²) < 4.78 is 5.33. The lowest BCUT2D eigenvalue weighted by molar-refractivity contribution is -0.145. The number of hydrogen-bond acceptors (Lipinski definition) is 3. The van der Waals surface area contributed by atoms with Crippen molar-refractivity contribution < 1.29 is 9.53 Å². The Morgan fingerprint density at radius 2 is 2.19 bits per heavy atom.